The number of carboxylic acids is 1. The minimum absolute atomic E-state index is 0.0632. The van der Waals surface area contributed by atoms with Crippen molar-refractivity contribution < 1.29 is 9.90 Å². The molecule has 2 atom stereocenters. The van der Waals surface area contributed by atoms with Crippen molar-refractivity contribution in [2.45, 2.75) is 24.8 Å². The molecule has 2 unspecified atom stereocenters. The summed E-state index contributed by atoms with van der Waals surface area (Å²) in [4.78, 5) is 17.7. The number of aromatic nitrogens is 3. The molecule has 1 aromatic carbocycles. The van der Waals surface area contributed by atoms with E-state index in [4.69, 9.17) is 5.73 Å². The van der Waals surface area contributed by atoms with Crippen LogP contribution in [0.2, 0.25) is 0 Å². The van der Waals surface area contributed by atoms with Crippen LogP contribution in [0.5, 0.6) is 0 Å². The summed E-state index contributed by atoms with van der Waals surface area (Å²) in [5, 5.41) is 13.6. The summed E-state index contributed by atoms with van der Waals surface area (Å²) in [6.45, 7) is 0.591. The molecule has 1 aliphatic heterocycles. The largest absolute Gasteiger partial charge is 0.481 e. The molecule has 0 fully saturated rings. The Hall–Kier alpha value is -2.57. The quantitative estimate of drug-likeness (QED) is 0.886. The lowest BCUT2D eigenvalue weighted by atomic mass is 9.84. The number of benzene rings is 1. The fourth-order valence-corrected chi connectivity index (χ4v) is 3.11. The second kappa shape index (κ2) is 5.32. The fourth-order valence-electron chi connectivity index (χ4n) is 3.11. The zero-order valence-electron chi connectivity index (χ0n) is 12.6. The number of aliphatic carboxylic acids is 1. The van der Waals surface area contributed by atoms with Gasteiger partial charge in [0.2, 0.25) is 5.95 Å². The molecule has 116 valence electrons. The van der Waals surface area contributed by atoms with E-state index in [-0.39, 0.29) is 11.9 Å². The molecule has 0 amide bonds. The Morgan fingerprint density at radius 3 is 2.82 bits per heavy atom. The molecular formula is C15H19N5O2. The summed E-state index contributed by atoms with van der Waals surface area (Å²) < 4.78 is 1.63. The molecule has 22 heavy (non-hydrogen) atoms. The number of nitrogens with zero attached hydrogens (tertiary/aromatic N) is 4. The molecule has 1 aliphatic rings. The second-order valence-corrected chi connectivity index (χ2v) is 5.79. The smallest absolute Gasteiger partial charge is 0.314 e. The van der Waals surface area contributed by atoms with Crippen molar-refractivity contribution in [3.8, 4) is 0 Å². The number of anilines is 2. The van der Waals surface area contributed by atoms with E-state index in [2.05, 4.69) is 10.1 Å². The monoisotopic (exact) mass is 301 g/mol. The van der Waals surface area contributed by atoms with Crippen LogP contribution in [-0.4, -0.2) is 39.9 Å². The van der Waals surface area contributed by atoms with E-state index in [1.54, 1.807) is 4.68 Å². The molecule has 3 N–H and O–H groups in total. The van der Waals surface area contributed by atoms with E-state index < -0.39 is 11.9 Å². The molecule has 2 heterocycles. The molecular weight excluding hydrogens is 282 g/mol. The van der Waals surface area contributed by atoms with Gasteiger partial charge in [0.15, 0.2) is 0 Å². The minimum Gasteiger partial charge on any atom is -0.481 e. The average molecular weight is 301 g/mol. The van der Waals surface area contributed by atoms with Gasteiger partial charge in [-0.05, 0) is 18.1 Å². The third kappa shape index (κ3) is 2.38. The molecule has 0 radical (unpaired) electrons. The van der Waals surface area contributed by atoms with Crippen molar-refractivity contribution in [3.63, 3.8) is 0 Å². The summed E-state index contributed by atoms with van der Waals surface area (Å²) in [5.41, 5.74) is 7.85. The second-order valence-electron chi connectivity index (χ2n) is 5.79. The first-order chi connectivity index (χ1) is 10.5. The van der Waals surface area contributed by atoms with Gasteiger partial charge in [-0.1, -0.05) is 18.2 Å². The van der Waals surface area contributed by atoms with Gasteiger partial charge in [-0.2, -0.15) is 4.98 Å². The van der Waals surface area contributed by atoms with Gasteiger partial charge in [0.05, 0.1) is 6.54 Å². The van der Waals surface area contributed by atoms with Crippen LogP contribution in [-0.2, 0) is 11.3 Å². The van der Waals surface area contributed by atoms with Gasteiger partial charge in [0, 0.05) is 25.7 Å². The van der Waals surface area contributed by atoms with Gasteiger partial charge in [-0.3, -0.25) is 4.79 Å². The van der Waals surface area contributed by atoms with Crippen LogP contribution in [0.3, 0.4) is 0 Å². The standard InChI is InChI=1S/C15H19N5O2/c1-19(2)12-6-4-3-5-10(12)9-7-11(14(21)22)13-17-15(16)18-20(13)8-9/h3-6,9,11H,7-8H2,1-2H3,(H2,16,18)(H,21,22). The van der Waals surface area contributed by atoms with Crippen LogP contribution >= 0.6 is 0 Å². The lowest BCUT2D eigenvalue weighted by Crippen LogP contribution is -2.29. The average Bonchev–Trinajstić information content (AvgIpc) is 2.85. The molecule has 2 aromatic rings. The molecule has 1 aromatic heterocycles. The molecule has 0 spiro atoms. The maximum absolute atomic E-state index is 11.6. The van der Waals surface area contributed by atoms with Crippen molar-refractivity contribution in [3.05, 3.63) is 35.7 Å². The fraction of sp³-hybridized carbons (Fsp3) is 0.400. The Morgan fingerprint density at radius 1 is 1.41 bits per heavy atom. The topological polar surface area (TPSA) is 97.3 Å². The molecule has 0 bridgehead atoms. The van der Waals surface area contributed by atoms with Gasteiger partial charge >= 0.3 is 5.97 Å². The lowest BCUT2D eigenvalue weighted by Gasteiger charge is -2.30. The van der Waals surface area contributed by atoms with Gasteiger partial charge in [0.1, 0.15) is 11.7 Å². The highest BCUT2D eigenvalue weighted by Gasteiger charge is 2.36. The number of fused-ring (bicyclic) bond motifs is 1. The maximum Gasteiger partial charge on any atom is 0.314 e. The van der Waals surface area contributed by atoms with Crippen molar-refractivity contribution in [2.24, 2.45) is 0 Å². The van der Waals surface area contributed by atoms with Crippen molar-refractivity contribution in [2.75, 3.05) is 24.7 Å². The summed E-state index contributed by atoms with van der Waals surface area (Å²) in [7, 11) is 3.96. The Morgan fingerprint density at radius 2 is 2.14 bits per heavy atom. The number of hydrogen-bond acceptors (Lipinski definition) is 5. The van der Waals surface area contributed by atoms with E-state index in [0.29, 0.717) is 18.8 Å². The Bertz CT molecular complexity index is 710. The van der Waals surface area contributed by atoms with Crippen molar-refractivity contribution >= 4 is 17.6 Å². The first-order valence-electron chi connectivity index (χ1n) is 7.16. The number of carbonyl (C=O) groups is 1. The highest BCUT2D eigenvalue weighted by atomic mass is 16.4. The summed E-state index contributed by atoms with van der Waals surface area (Å²) in [5.74, 6) is -0.931. The van der Waals surface area contributed by atoms with E-state index >= 15 is 0 Å². The zero-order valence-corrected chi connectivity index (χ0v) is 12.6. The summed E-state index contributed by atoms with van der Waals surface area (Å²) in [6.07, 6.45) is 0.498. The van der Waals surface area contributed by atoms with Crippen LogP contribution in [0, 0.1) is 0 Å². The molecule has 7 nitrogen and oxygen atoms in total. The summed E-state index contributed by atoms with van der Waals surface area (Å²) in [6, 6.07) is 8.04. The highest BCUT2D eigenvalue weighted by Crippen LogP contribution is 2.39. The maximum atomic E-state index is 11.6. The predicted molar refractivity (Wildman–Crippen MR) is 82.9 cm³/mol. The SMILES string of the molecule is CN(C)c1ccccc1C1CC(C(=O)O)c2nc(N)nn2C1. The van der Waals surface area contributed by atoms with Crippen LogP contribution in [0.1, 0.15) is 29.6 Å². The number of nitrogens with two attached hydrogens (primary N) is 1. The number of nitrogen functional groups attached to an aromatic ring is 1. The van der Waals surface area contributed by atoms with E-state index in [9.17, 15) is 9.90 Å². The molecule has 0 saturated heterocycles. The van der Waals surface area contributed by atoms with Crippen molar-refractivity contribution in [1.29, 1.82) is 0 Å². The molecule has 0 aliphatic carbocycles. The van der Waals surface area contributed by atoms with Gasteiger partial charge in [0.25, 0.3) is 0 Å². The molecule has 0 saturated carbocycles. The summed E-state index contributed by atoms with van der Waals surface area (Å²) >= 11 is 0. The van der Waals surface area contributed by atoms with Gasteiger partial charge < -0.3 is 15.7 Å². The van der Waals surface area contributed by atoms with Gasteiger partial charge in [-0.15, -0.1) is 5.10 Å². The number of carboxylic acid groups (broad SMARTS) is 1. The van der Waals surface area contributed by atoms with Crippen molar-refractivity contribution in [1.82, 2.24) is 14.8 Å². The van der Waals surface area contributed by atoms with Crippen LogP contribution in [0.15, 0.2) is 24.3 Å². The third-order valence-corrected chi connectivity index (χ3v) is 4.10. The third-order valence-electron chi connectivity index (χ3n) is 4.10. The number of para-hydroxylation sites is 1. The van der Waals surface area contributed by atoms with E-state index in [0.717, 1.165) is 11.3 Å². The van der Waals surface area contributed by atoms with Crippen LogP contribution in [0.4, 0.5) is 11.6 Å². The van der Waals surface area contributed by atoms with E-state index in [1.807, 2.05) is 43.3 Å². The van der Waals surface area contributed by atoms with E-state index in [1.165, 1.54) is 0 Å². The first kappa shape index (κ1) is 14.4. The number of rotatable bonds is 3. The number of hydrogen-bond donors (Lipinski definition) is 2. The zero-order chi connectivity index (χ0) is 15.9. The van der Waals surface area contributed by atoms with Gasteiger partial charge in [-0.25, -0.2) is 4.68 Å². The van der Waals surface area contributed by atoms with Crippen LogP contribution < -0.4 is 10.6 Å². The first-order valence-corrected chi connectivity index (χ1v) is 7.16. The minimum atomic E-state index is -0.888. The molecule has 7 heteroatoms. The normalized spacial score (nSPS) is 20.5. The van der Waals surface area contributed by atoms with Crippen LogP contribution in [0.25, 0.3) is 0 Å². The Balaban J connectivity index is 2.03. The lowest BCUT2D eigenvalue weighted by molar-refractivity contribution is -0.139. The Kier molecular flexibility index (Phi) is 3.48. The predicted octanol–water partition coefficient (Wildman–Crippen LogP) is 1.28. The highest BCUT2D eigenvalue weighted by molar-refractivity contribution is 5.75. The Labute approximate surface area is 128 Å². The molecule has 3 rings (SSSR count).